The van der Waals surface area contributed by atoms with E-state index in [9.17, 15) is 13.2 Å². The van der Waals surface area contributed by atoms with E-state index in [2.05, 4.69) is 10.3 Å². The van der Waals surface area contributed by atoms with Crippen LogP contribution in [0.4, 0.5) is 5.69 Å². The van der Waals surface area contributed by atoms with Gasteiger partial charge in [-0.3, -0.25) is 4.79 Å². The summed E-state index contributed by atoms with van der Waals surface area (Å²) in [5, 5.41) is 4.75. The summed E-state index contributed by atoms with van der Waals surface area (Å²) in [5.74, 6) is 0.473. The predicted octanol–water partition coefficient (Wildman–Crippen LogP) is 3.61. The highest BCUT2D eigenvalue weighted by atomic mass is 32.2. The second kappa shape index (κ2) is 8.72. The number of amides is 1. The van der Waals surface area contributed by atoms with Crippen molar-refractivity contribution < 1.29 is 13.2 Å². The molecule has 0 atom stereocenters. The van der Waals surface area contributed by atoms with Crippen molar-refractivity contribution in [3.8, 4) is 0 Å². The van der Waals surface area contributed by atoms with Gasteiger partial charge in [-0.2, -0.15) is 0 Å². The smallest absolute Gasteiger partial charge is 0.242 e. The molecule has 1 heterocycles. The lowest BCUT2D eigenvalue weighted by Crippen LogP contribution is -2.22. The molecular formula is C20H21N3O3S2. The van der Waals surface area contributed by atoms with Crippen LogP contribution in [0.25, 0.3) is 10.9 Å². The molecule has 8 heteroatoms. The van der Waals surface area contributed by atoms with Crippen LogP contribution >= 0.6 is 11.8 Å². The van der Waals surface area contributed by atoms with Gasteiger partial charge in [0, 0.05) is 37.3 Å². The Labute approximate surface area is 169 Å². The molecule has 0 aliphatic rings. The van der Waals surface area contributed by atoms with E-state index in [0.29, 0.717) is 17.9 Å². The van der Waals surface area contributed by atoms with E-state index < -0.39 is 10.0 Å². The number of benzene rings is 2. The van der Waals surface area contributed by atoms with Crippen molar-refractivity contribution in [2.75, 3.05) is 25.2 Å². The molecule has 0 bridgehead atoms. The van der Waals surface area contributed by atoms with Gasteiger partial charge in [-0.05, 0) is 36.4 Å². The lowest BCUT2D eigenvalue weighted by atomic mass is 10.2. The average Bonchev–Trinajstić information content (AvgIpc) is 2.68. The number of sulfonamides is 1. The predicted molar refractivity (Wildman–Crippen MR) is 113 cm³/mol. The Bertz CT molecular complexity index is 1080. The molecule has 0 radical (unpaired) electrons. The quantitative estimate of drug-likeness (QED) is 0.597. The van der Waals surface area contributed by atoms with Gasteiger partial charge in [0.1, 0.15) is 0 Å². The largest absolute Gasteiger partial charge is 0.326 e. The monoisotopic (exact) mass is 415 g/mol. The van der Waals surface area contributed by atoms with Gasteiger partial charge in [-0.15, -0.1) is 11.8 Å². The first-order chi connectivity index (χ1) is 13.4. The first-order valence-electron chi connectivity index (χ1n) is 8.67. The fraction of sp³-hybridized carbons (Fsp3) is 0.200. The zero-order valence-electron chi connectivity index (χ0n) is 15.6. The normalized spacial score (nSPS) is 11.7. The molecule has 0 aliphatic carbocycles. The number of hydrogen-bond acceptors (Lipinski definition) is 5. The summed E-state index contributed by atoms with van der Waals surface area (Å²) in [6.45, 7) is 0. The van der Waals surface area contributed by atoms with Crippen LogP contribution in [0.2, 0.25) is 0 Å². The molecule has 0 fully saturated rings. The molecule has 1 aromatic heterocycles. The van der Waals surface area contributed by atoms with Crippen LogP contribution in [0.3, 0.4) is 0 Å². The topological polar surface area (TPSA) is 79.4 Å². The second-order valence-corrected chi connectivity index (χ2v) is 9.57. The number of rotatable bonds is 7. The summed E-state index contributed by atoms with van der Waals surface area (Å²) in [4.78, 5) is 16.9. The van der Waals surface area contributed by atoms with Gasteiger partial charge < -0.3 is 5.32 Å². The summed E-state index contributed by atoms with van der Waals surface area (Å²) >= 11 is 1.53. The minimum Gasteiger partial charge on any atom is -0.326 e. The first-order valence-corrected chi connectivity index (χ1v) is 11.1. The first kappa shape index (κ1) is 20.3. The fourth-order valence-corrected chi connectivity index (χ4v) is 4.25. The third-order valence-electron chi connectivity index (χ3n) is 4.07. The van der Waals surface area contributed by atoms with Crippen LogP contribution in [-0.2, 0) is 14.8 Å². The van der Waals surface area contributed by atoms with Crippen molar-refractivity contribution in [2.24, 2.45) is 0 Å². The van der Waals surface area contributed by atoms with Crippen molar-refractivity contribution >= 4 is 44.3 Å². The van der Waals surface area contributed by atoms with E-state index >= 15 is 0 Å². The SMILES string of the molecule is CN(C)S(=O)(=O)c1ccc(NC(=O)CCSc2ccc3ccccc3n2)cc1. The van der Waals surface area contributed by atoms with E-state index in [1.807, 2.05) is 36.4 Å². The minimum atomic E-state index is -3.47. The zero-order chi connectivity index (χ0) is 20.1. The number of para-hydroxylation sites is 1. The fourth-order valence-electron chi connectivity index (χ4n) is 2.52. The molecule has 28 heavy (non-hydrogen) atoms. The van der Waals surface area contributed by atoms with Crippen LogP contribution in [-0.4, -0.2) is 43.5 Å². The van der Waals surface area contributed by atoms with Crippen LogP contribution in [0.1, 0.15) is 6.42 Å². The number of nitrogens with zero attached hydrogens (tertiary/aromatic N) is 2. The molecule has 1 N–H and O–H groups in total. The number of carbonyl (C=O) groups excluding carboxylic acids is 1. The standard InChI is InChI=1S/C20H21N3O3S2/c1-23(2)28(25,26)17-10-8-16(9-11-17)21-19(24)13-14-27-20-12-7-15-5-3-4-6-18(15)22-20/h3-12H,13-14H2,1-2H3,(H,21,24). The number of hydrogen-bond donors (Lipinski definition) is 1. The maximum Gasteiger partial charge on any atom is 0.242 e. The van der Waals surface area contributed by atoms with E-state index in [1.165, 1.54) is 38.0 Å². The Morgan fingerprint density at radius 2 is 1.75 bits per heavy atom. The highest BCUT2D eigenvalue weighted by Crippen LogP contribution is 2.21. The molecule has 0 unspecified atom stereocenters. The van der Waals surface area contributed by atoms with E-state index in [1.54, 1.807) is 12.1 Å². The van der Waals surface area contributed by atoms with Gasteiger partial charge >= 0.3 is 0 Å². The summed E-state index contributed by atoms with van der Waals surface area (Å²) in [6, 6.07) is 18.0. The van der Waals surface area contributed by atoms with Gasteiger partial charge in [0.2, 0.25) is 15.9 Å². The number of carbonyl (C=O) groups is 1. The Kier molecular flexibility index (Phi) is 6.33. The maximum atomic E-state index is 12.1. The lowest BCUT2D eigenvalue weighted by molar-refractivity contribution is -0.115. The highest BCUT2D eigenvalue weighted by molar-refractivity contribution is 7.99. The number of aromatic nitrogens is 1. The summed E-state index contributed by atoms with van der Waals surface area (Å²) in [6.07, 6.45) is 0.330. The van der Waals surface area contributed by atoms with Gasteiger partial charge in [-0.1, -0.05) is 24.3 Å². The summed E-state index contributed by atoms with van der Waals surface area (Å²) in [5.41, 5.74) is 1.50. The molecule has 0 saturated carbocycles. The van der Waals surface area contributed by atoms with Gasteiger partial charge in [0.15, 0.2) is 0 Å². The number of pyridine rings is 1. The van der Waals surface area contributed by atoms with Crippen molar-refractivity contribution in [3.63, 3.8) is 0 Å². The molecule has 0 spiro atoms. The highest BCUT2D eigenvalue weighted by Gasteiger charge is 2.16. The number of nitrogens with one attached hydrogen (secondary N) is 1. The molecule has 0 saturated heterocycles. The van der Waals surface area contributed by atoms with Crippen LogP contribution in [0, 0.1) is 0 Å². The molecule has 3 rings (SSSR count). The van der Waals surface area contributed by atoms with Gasteiger partial charge in [-0.25, -0.2) is 17.7 Å². The van der Waals surface area contributed by atoms with E-state index in [0.717, 1.165) is 20.2 Å². The van der Waals surface area contributed by atoms with Crippen LogP contribution in [0.15, 0.2) is 70.6 Å². The Morgan fingerprint density at radius 3 is 2.46 bits per heavy atom. The molecule has 6 nitrogen and oxygen atoms in total. The average molecular weight is 416 g/mol. The van der Waals surface area contributed by atoms with Gasteiger partial charge in [0.25, 0.3) is 0 Å². The minimum absolute atomic E-state index is 0.128. The number of fused-ring (bicyclic) bond motifs is 1. The Hall–Kier alpha value is -2.42. The molecule has 0 aliphatic heterocycles. The van der Waals surface area contributed by atoms with Crippen molar-refractivity contribution in [1.29, 1.82) is 0 Å². The third-order valence-corrected chi connectivity index (χ3v) is 6.83. The summed E-state index contributed by atoms with van der Waals surface area (Å²) in [7, 11) is -0.514. The van der Waals surface area contributed by atoms with E-state index in [4.69, 9.17) is 0 Å². The molecular weight excluding hydrogens is 394 g/mol. The Balaban J connectivity index is 1.52. The lowest BCUT2D eigenvalue weighted by Gasteiger charge is -2.12. The second-order valence-electron chi connectivity index (χ2n) is 6.30. The summed E-state index contributed by atoms with van der Waals surface area (Å²) < 4.78 is 25.3. The zero-order valence-corrected chi connectivity index (χ0v) is 17.3. The van der Waals surface area contributed by atoms with E-state index in [-0.39, 0.29) is 10.8 Å². The van der Waals surface area contributed by atoms with Crippen molar-refractivity contribution in [1.82, 2.24) is 9.29 Å². The van der Waals surface area contributed by atoms with Crippen molar-refractivity contribution in [2.45, 2.75) is 16.3 Å². The molecule has 1 amide bonds. The maximum absolute atomic E-state index is 12.1. The van der Waals surface area contributed by atoms with Crippen LogP contribution in [0.5, 0.6) is 0 Å². The van der Waals surface area contributed by atoms with Crippen molar-refractivity contribution in [3.05, 3.63) is 60.7 Å². The Morgan fingerprint density at radius 1 is 1.04 bits per heavy atom. The molecule has 2 aromatic carbocycles. The molecule has 3 aromatic rings. The number of anilines is 1. The number of thioether (sulfide) groups is 1. The van der Waals surface area contributed by atoms with Gasteiger partial charge in [0.05, 0.1) is 15.4 Å². The third kappa shape index (κ3) is 4.89. The van der Waals surface area contributed by atoms with Crippen LogP contribution < -0.4 is 5.32 Å². The molecule has 146 valence electrons.